The van der Waals surface area contributed by atoms with Crippen LogP contribution in [-0.2, 0) is 30.3 Å². The lowest BCUT2D eigenvalue weighted by molar-refractivity contribution is -0.144. The number of nitrogens with one attached hydrogen (secondary N) is 2. The summed E-state index contributed by atoms with van der Waals surface area (Å²) in [4.78, 5) is 52.9. The number of ether oxygens (including phenoxy) is 2. The molecule has 0 saturated carbocycles. The molecular weight excluding hydrogens is 532 g/mol. The number of aromatic hydroxyl groups is 2. The molecule has 0 radical (unpaired) electrons. The first kappa shape index (κ1) is 32.4. The summed E-state index contributed by atoms with van der Waals surface area (Å²) in [5, 5.41) is 34.5. The van der Waals surface area contributed by atoms with Gasteiger partial charge in [0.2, 0.25) is 11.8 Å². The Morgan fingerprint density at radius 3 is 2.32 bits per heavy atom. The van der Waals surface area contributed by atoms with Crippen molar-refractivity contribution in [1.29, 1.82) is 5.26 Å². The average molecular weight is 569 g/mol. The third-order valence-electron chi connectivity index (χ3n) is 5.57. The number of nitrogens with zero attached hydrogens (tertiary/aromatic N) is 2. The molecule has 0 spiro atoms. The standard InChI is InChI=1S/C29H36N4O8/c1-5-40-24(36)13-15-31-26(37)25(20-7-6-8-22(35)18-20)33(16-14-30)27(38)23(32-28(39)41-29(2,3)4)17-19-9-11-21(34)12-10-19/h6-12,18,23,25,34-35H,5,13,15-17H2,1-4H3,(H,31,37)(H,32,39). The molecule has 2 atom stereocenters. The quantitative estimate of drug-likeness (QED) is 0.221. The number of nitriles is 1. The van der Waals surface area contributed by atoms with E-state index in [0.29, 0.717) is 5.56 Å². The summed E-state index contributed by atoms with van der Waals surface area (Å²) in [6.45, 7) is 6.15. The number of hydrogen-bond donors (Lipinski definition) is 4. The lowest BCUT2D eigenvalue weighted by Crippen LogP contribution is -2.54. The first-order valence-corrected chi connectivity index (χ1v) is 13.0. The molecule has 2 unspecified atom stereocenters. The van der Waals surface area contributed by atoms with Gasteiger partial charge in [-0.3, -0.25) is 14.4 Å². The number of phenols is 2. The highest BCUT2D eigenvalue weighted by Gasteiger charge is 2.36. The molecule has 0 fully saturated rings. The Kier molecular flexibility index (Phi) is 12.0. The van der Waals surface area contributed by atoms with Crippen LogP contribution in [0.15, 0.2) is 48.5 Å². The minimum absolute atomic E-state index is 0.00581. The normalized spacial score (nSPS) is 12.3. The van der Waals surface area contributed by atoms with Crippen molar-refractivity contribution < 1.29 is 38.9 Å². The fraction of sp³-hybridized carbons (Fsp3) is 0.414. The fourth-order valence-corrected chi connectivity index (χ4v) is 3.88. The van der Waals surface area contributed by atoms with E-state index in [4.69, 9.17) is 9.47 Å². The zero-order valence-electron chi connectivity index (χ0n) is 23.5. The van der Waals surface area contributed by atoms with Gasteiger partial charge in [-0.15, -0.1) is 0 Å². The minimum atomic E-state index is -1.40. The maximum absolute atomic E-state index is 14.0. The first-order chi connectivity index (χ1) is 19.3. The van der Waals surface area contributed by atoms with Crippen molar-refractivity contribution in [3.05, 3.63) is 59.7 Å². The molecule has 2 aromatic rings. The van der Waals surface area contributed by atoms with Gasteiger partial charge in [-0.25, -0.2) is 4.79 Å². The Morgan fingerprint density at radius 2 is 1.73 bits per heavy atom. The van der Waals surface area contributed by atoms with Gasteiger partial charge in [0.05, 0.1) is 19.1 Å². The number of carbonyl (C=O) groups is 4. The van der Waals surface area contributed by atoms with E-state index in [1.165, 1.54) is 36.4 Å². The van der Waals surface area contributed by atoms with Crippen LogP contribution in [0.25, 0.3) is 0 Å². The van der Waals surface area contributed by atoms with Crippen LogP contribution in [0.5, 0.6) is 11.5 Å². The summed E-state index contributed by atoms with van der Waals surface area (Å²) in [6.07, 6.45) is -1.07. The molecule has 2 rings (SSSR count). The molecule has 0 aromatic heterocycles. The van der Waals surface area contributed by atoms with Gasteiger partial charge in [0.1, 0.15) is 35.7 Å². The zero-order chi connectivity index (χ0) is 30.6. The number of phenolic OH excluding ortho intramolecular Hbond substituents is 2. The molecule has 41 heavy (non-hydrogen) atoms. The number of amides is 3. The predicted molar refractivity (Wildman–Crippen MR) is 147 cm³/mol. The van der Waals surface area contributed by atoms with Gasteiger partial charge in [0.15, 0.2) is 0 Å². The minimum Gasteiger partial charge on any atom is -0.508 e. The molecule has 12 heteroatoms. The van der Waals surface area contributed by atoms with E-state index in [1.807, 2.05) is 6.07 Å². The Bertz CT molecular complexity index is 1250. The number of alkyl carbamates (subject to hydrolysis) is 1. The van der Waals surface area contributed by atoms with E-state index < -0.39 is 48.1 Å². The molecule has 0 aliphatic carbocycles. The molecule has 0 aliphatic heterocycles. The number of carbonyl (C=O) groups excluding carboxylic acids is 4. The lowest BCUT2D eigenvalue weighted by atomic mass is 10.00. The molecule has 220 valence electrons. The molecule has 3 amide bonds. The van der Waals surface area contributed by atoms with Crippen molar-refractivity contribution >= 4 is 23.9 Å². The van der Waals surface area contributed by atoms with Crippen LogP contribution >= 0.6 is 0 Å². The second kappa shape index (κ2) is 15.1. The molecule has 0 saturated heterocycles. The topological polar surface area (TPSA) is 178 Å². The fourth-order valence-electron chi connectivity index (χ4n) is 3.88. The molecule has 0 bridgehead atoms. The lowest BCUT2D eigenvalue weighted by Gasteiger charge is -2.33. The van der Waals surface area contributed by atoms with Gasteiger partial charge < -0.3 is 35.2 Å². The second-order valence-corrected chi connectivity index (χ2v) is 10.0. The van der Waals surface area contributed by atoms with E-state index in [9.17, 15) is 34.7 Å². The van der Waals surface area contributed by atoms with Crippen molar-refractivity contribution in [2.75, 3.05) is 19.7 Å². The third kappa shape index (κ3) is 10.7. The highest BCUT2D eigenvalue weighted by molar-refractivity contribution is 5.92. The van der Waals surface area contributed by atoms with E-state index in [0.717, 1.165) is 4.90 Å². The van der Waals surface area contributed by atoms with Gasteiger partial charge in [-0.05, 0) is 63.1 Å². The smallest absolute Gasteiger partial charge is 0.408 e. The Morgan fingerprint density at radius 1 is 1.05 bits per heavy atom. The largest absolute Gasteiger partial charge is 0.508 e. The van der Waals surface area contributed by atoms with Crippen LogP contribution in [0.4, 0.5) is 4.79 Å². The van der Waals surface area contributed by atoms with Crippen molar-refractivity contribution in [2.24, 2.45) is 0 Å². The van der Waals surface area contributed by atoms with Crippen molar-refractivity contribution in [1.82, 2.24) is 15.5 Å². The van der Waals surface area contributed by atoms with Gasteiger partial charge in [0.25, 0.3) is 0 Å². The Hall–Kier alpha value is -4.79. The first-order valence-electron chi connectivity index (χ1n) is 13.0. The van der Waals surface area contributed by atoms with Crippen LogP contribution in [0.3, 0.4) is 0 Å². The van der Waals surface area contributed by atoms with Crippen molar-refractivity contribution in [3.8, 4) is 17.6 Å². The number of rotatable bonds is 12. The third-order valence-corrected chi connectivity index (χ3v) is 5.57. The predicted octanol–water partition coefficient (Wildman–Crippen LogP) is 2.70. The highest BCUT2D eigenvalue weighted by atomic mass is 16.6. The molecular formula is C29H36N4O8. The number of esters is 1. The van der Waals surface area contributed by atoms with Crippen LogP contribution in [0.1, 0.15) is 51.3 Å². The van der Waals surface area contributed by atoms with E-state index in [-0.39, 0.29) is 43.1 Å². The van der Waals surface area contributed by atoms with Crippen LogP contribution < -0.4 is 10.6 Å². The van der Waals surface area contributed by atoms with Gasteiger partial charge in [-0.1, -0.05) is 24.3 Å². The molecule has 0 heterocycles. The van der Waals surface area contributed by atoms with Gasteiger partial charge >= 0.3 is 12.1 Å². The molecule has 4 N–H and O–H groups in total. The van der Waals surface area contributed by atoms with Crippen LogP contribution in [0, 0.1) is 11.3 Å². The second-order valence-electron chi connectivity index (χ2n) is 10.0. The van der Waals surface area contributed by atoms with E-state index in [1.54, 1.807) is 39.8 Å². The summed E-state index contributed by atoms with van der Waals surface area (Å²) < 4.78 is 10.2. The maximum Gasteiger partial charge on any atom is 0.408 e. The van der Waals surface area contributed by atoms with Crippen molar-refractivity contribution in [2.45, 2.75) is 58.2 Å². The number of benzene rings is 2. The molecule has 12 nitrogen and oxygen atoms in total. The Balaban J connectivity index is 2.47. The number of hydrogen-bond acceptors (Lipinski definition) is 9. The molecule has 0 aliphatic rings. The molecule has 2 aromatic carbocycles. The van der Waals surface area contributed by atoms with E-state index >= 15 is 0 Å². The van der Waals surface area contributed by atoms with Crippen molar-refractivity contribution in [3.63, 3.8) is 0 Å². The van der Waals surface area contributed by atoms with E-state index in [2.05, 4.69) is 10.6 Å². The monoisotopic (exact) mass is 568 g/mol. The summed E-state index contributed by atoms with van der Waals surface area (Å²) in [5.74, 6) is -2.19. The average Bonchev–Trinajstić information content (AvgIpc) is 2.88. The van der Waals surface area contributed by atoms with Crippen LogP contribution in [0.2, 0.25) is 0 Å². The summed E-state index contributed by atoms with van der Waals surface area (Å²) in [7, 11) is 0. The highest BCUT2D eigenvalue weighted by Crippen LogP contribution is 2.26. The van der Waals surface area contributed by atoms with Gasteiger partial charge in [-0.2, -0.15) is 5.26 Å². The Labute approximate surface area is 238 Å². The zero-order valence-corrected chi connectivity index (χ0v) is 23.5. The summed E-state index contributed by atoms with van der Waals surface area (Å²) in [6, 6.07) is 10.8. The summed E-state index contributed by atoms with van der Waals surface area (Å²) in [5.41, 5.74) is -0.101. The van der Waals surface area contributed by atoms with Crippen LogP contribution in [-0.4, -0.2) is 70.3 Å². The van der Waals surface area contributed by atoms with Gasteiger partial charge in [0, 0.05) is 13.0 Å². The summed E-state index contributed by atoms with van der Waals surface area (Å²) >= 11 is 0. The SMILES string of the molecule is CCOC(=O)CCNC(=O)C(c1cccc(O)c1)N(CC#N)C(=O)C(Cc1ccc(O)cc1)NC(=O)OC(C)(C)C. The maximum atomic E-state index is 14.0.